The smallest absolute Gasteiger partial charge is 0.143 e. The van der Waals surface area contributed by atoms with Gasteiger partial charge in [-0.3, -0.25) is 0 Å². The van der Waals surface area contributed by atoms with Crippen LogP contribution in [0.3, 0.4) is 0 Å². The van der Waals surface area contributed by atoms with Gasteiger partial charge in [0.15, 0.2) is 0 Å². The second-order valence-electron chi connectivity index (χ2n) is 6.32. The summed E-state index contributed by atoms with van der Waals surface area (Å²) < 4.78 is 6.13. The molecular formula is C22H19NO2. The first-order chi connectivity index (χ1) is 12.1. The van der Waals surface area contributed by atoms with Gasteiger partial charge in [-0.2, -0.15) is 0 Å². The standard InChI is InChI=1S/C22H19NO2/c1-13-8-10-18(21(23)14(13)2)20-17-11-9-16(24)12-19(17)25-22(20)15-6-4-3-5-7-15/h3-12,24H,23H2,1-2H3. The van der Waals surface area contributed by atoms with Crippen LogP contribution in [-0.4, -0.2) is 5.11 Å². The molecule has 1 aromatic heterocycles. The summed E-state index contributed by atoms with van der Waals surface area (Å²) in [6.45, 7) is 4.09. The second kappa shape index (κ2) is 5.71. The lowest BCUT2D eigenvalue weighted by molar-refractivity contribution is 0.474. The molecule has 0 saturated carbocycles. The molecule has 0 atom stereocenters. The summed E-state index contributed by atoms with van der Waals surface area (Å²) in [6.07, 6.45) is 0. The summed E-state index contributed by atoms with van der Waals surface area (Å²) in [5.74, 6) is 0.941. The maximum absolute atomic E-state index is 9.82. The molecular weight excluding hydrogens is 310 g/mol. The molecule has 3 aromatic carbocycles. The number of rotatable bonds is 2. The molecule has 25 heavy (non-hydrogen) atoms. The molecule has 4 rings (SSSR count). The Labute approximate surface area is 146 Å². The number of benzene rings is 3. The third-order valence-corrected chi connectivity index (χ3v) is 4.76. The Bertz CT molecular complexity index is 1080. The van der Waals surface area contributed by atoms with E-state index in [1.54, 1.807) is 12.1 Å². The Kier molecular flexibility index (Phi) is 3.50. The van der Waals surface area contributed by atoms with E-state index < -0.39 is 0 Å². The van der Waals surface area contributed by atoms with Crippen molar-refractivity contribution in [3.63, 3.8) is 0 Å². The Morgan fingerprint density at radius 1 is 0.920 bits per heavy atom. The minimum atomic E-state index is 0.181. The van der Waals surface area contributed by atoms with Crippen LogP contribution in [0.2, 0.25) is 0 Å². The lowest BCUT2D eigenvalue weighted by Crippen LogP contribution is -1.96. The Balaban J connectivity index is 2.10. The van der Waals surface area contributed by atoms with Gasteiger partial charge in [0.2, 0.25) is 0 Å². The van der Waals surface area contributed by atoms with E-state index in [9.17, 15) is 5.11 Å². The zero-order valence-corrected chi connectivity index (χ0v) is 14.2. The largest absolute Gasteiger partial charge is 0.508 e. The Morgan fingerprint density at radius 3 is 2.44 bits per heavy atom. The molecule has 0 fully saturated rings. The lowest BCUT2D eigenvalue weighted by atomic mass is 9.94. The number of anilines is 1. The summed E-state index contributed by atoms with van der Waals surface area (Å²) in [5, 5.41) is 10.8. The van der Waals surface area contributed by atoms with Crippen molar-refractivity contribution in [2.45, 2.75) is 13.8 Å². The summed E-state index contributed by atoms with van der Waals surface area (Å²) >= 11 is 0. The second-order valence-corrected chi connectivity index (χ2v) is 6.32. The number of aromatic hydroxyl groups is 1. The van der Waals surface area contributed by atoms with Crippen molar-refractivity contribution in [2.75, 3.05) is 5.73 Å². The minimum absolute atomic E-state index is 0.181. The Hall–Kier alpha value is -3.20. The molecule has 0 saturated heterocycles. The topological polar surface area (TPSA) is 59.4 Å². The fourth-order valence-corrected chi connectivity index (χ4v) is 3.20. The highest BCUT2D eigenvalue weighted by molar-refractivity contribution is 6.05. The first kappa shape index (κ1) is 15.3. The van der Waals surface area contributed by atoms with Crippen LogP contribution in [0.1, 0.15) is 11.1 Å². The quantitative estimate of drug-likeness (QED) is 0.466. The fourth-order valence-electron chi connectivity index (χ4n) is 3.20. The van der Waals surface area contributed by atoms with Crippen molar-refractivity contribution in [3.8, 4) is 28.2 Å². The van der Waals surface area contributed by atoms with Gasteiger partial charge in [0.25, 0.3) is 0 Å². The van der Waals surface area contributed by atoms with Gasteiger partial charge in [0.1, 0.15) is 17.1 Å². The van der Waals surface area contributed by atoms with Gasteiger partial charge >= 0.3 is 0 Å². The SMILES string of the molecule is Cc1ccc(-c2c(-c3ccccc3)oc3cc(O)ccc23)c(N)c1C. The van der Waals surface area contributed by atoms with Gasteiger partial charge in [0.05, 0.1) is 0 Å². The van der Waals surface area contributed by atoms with E-state index in [0.29, 0.717) is 5.58 Å². The summed E-state index contributed by atoms with van der Waals surface area (Å²) in [4.78, 5) is 0. The number of nitrogen functional groups attached to an aromatic ring is 1. The highest BCUT2D eigenvalue weighted by atomic mass is 16.3. The van der Waals surface area contributed by atoms with Gasteiger partial charge in [-0.1, -0.05) is 42.5 Å². The van der Waals surface area contributed by atoms with Crippen LogP contribution in [0.15, 0.2) is 65.1 Å². The van der Waals surface area contributed by atoms with E-state index in [4.69, 9.17) is 10.2 Å². The van der Waals surface area contributed by atoms with Crippen LogP contribution >= 0.6 is 0 Å². The number of aryl methyl sites for hydroxylation is 1. The molecule has 0 radical (unpaired) electrons. The lowest BCUT2D eigenvalue weighted by Gasteiger charge is -2.12. The van der Waals surface area contributed by atoms with Crippen LogP contribution < -0.4 is 5.73 Å². The minimum Gasteiger partial charge on any atom is -0.508 e. The van der Waals surface area contributed by atoms with Crippen molar-refractivity contribution < 1.29 is 9.52 Å². The molecule has 0 aliphatic rings. The number of phenols is 1. The molecule has 3 N–H and O–H groups in total. The van der Waals surface area contributed by atoms with Gasteiger partial charge in [-0.05, 0) is 37.1 Å². The molecule has 124 valence electrons. The number of hydrogen-bond donors (Lipinski definition) is 2. The molecule has 4 aromatic rings. The van der Waals surface area contributed by atoms with Gasteiger partial charge in [0, 0.05) is 33.8 Å². The maximum Gasteiger partial charge on any atom is 0.143 e. The average molecular weight is 329 g/mol. The van der Waals surface area contributed by atoms with Crippen LogP contribution in [0.4, 0.5) is 5.69 Å². The number of hydrogen-bond acceptors (Lipinski definition) is 3. The van der Waals surface area contributed by atoms with Crippen molar-refractivity contribution in [1.29, 1.82) is 0 Å². The van der Waals surface area contributed by atoms with E-state index in [1.165, 1.54) is 0 Å². The fraction of sp³-hybridized carbons (Fsp3) is 0.0909. The number of nitrogens with two attached hydrogens (primary N) is 1. The Morgan fingerprint density at radius 2 is 1.68 bits per heavy atom. The van der Waals surface area contributed by atoms with Crippen LogP contribution in [0, 0.1) is 13.8 Å². The predicted molar refractivity (Wildman–Crippen MR) is 103 cm³/mol. The zero-order chi connectivity index (χ0) is 17.6. The van der Waals surface area contributed by atoms with E-state index >= 15 is 0 Å². The van der Waals surface area contributed by atoms with Gasteiger partial charge in [-0.25, -0.2) is 0 Å². The average Bonchev–Trinajstić information content (AvgIpc) is 2.99. The highest BCUT2D eigenvalue weighted by Gasteiger charge is 2.20. The summed E-state index contributed by atoms with van der Waals surface area (Å²) in [6, 6.07) is 19.3. The third kappa shape index (κ3) is 2.45. The van der Waals surface area contributed by atoms with Crippen molar-refractivity contribution in [1.82, 2.24) is 0 Å². The van der Waals surface area contributed by atoms with Crippen molar-refractivity contribution >= 4 is 16.7 Å². The predicted octanol–water partition coefficient (Wildman–Crippen LogP) is 5.67. The zero-order valence-electron chi connectivity index (χ0n) is 14.2. The molecule has 0 amide bonds. The number of fused-ring (bicyclic) bond motifs is 1. The van der Waals surface area contributed by atoms with E-state index in [1.807, 2.05) is 49.4 Å². The van der Waals surface area contributed by atoms with E-state index in [0.717, 1.165) is 44.7 Å². The van der Waals surface area contributed by atoms with Crippen LogP contribution in [0.5, 0.6) is 5.75 Å². The highest BCUT2D eigenvalue weighted by Crippen LogP contribution is 2.44. The molecule has 0 unspecified atom stereocenters. The first-order valence-corrected chi connectivity index (χ1v) is 8.23. The maximum atomic E-state index is 9.82. The van der Waals surface area contributed by atoms with Crippen molar-refractivity contribution in [2.24, 2.45) is 0 Å². The molecule has 0 spiro atoms. The first-order valence-electron chi connectivity index (χ1n) is 8.23. The van der Waals surface area contributed by atoms with Gasteiger partial charge < -0.3 is 15.3 Å². The summed E-state index contributed by atoms with van der Waals surface area (Å²) in [7, 11) is 0. The van der Waals surface area contributed by atoms with E-state index in [2.05, 4.69) is 13.0 Å². The third-order valence-electron chi connectivity index (χ3n) is 4.76. The molecule has 0 aliphatic carbocycles. The monoisotopic (exact) mass is 329 g/mol. The van der Waals surface area contributed by atoms with Crippen LogP contribution in [-0.2, 0) is 0 Å². The van der Waals surface area contributed by atoms with Crippen LogP contribution in [0.25, 0.3) is 33.4 Å². The van der Waals surface area contributed by atoms with E-state index in [-0.39, 0.29) is 5.75 Å². The molecule has 3 heteroatoms. The molecule has 3 nitrogen and oxygen atoms in total. The molecule has 0 aliphatic heterocycles. The van der Waals surface area contributed by atoms with Crippen molar-refractivity contribution in [3.05, 3.63) is 71.8 Å². The summed E-state index contributed by atoms with van der Waals surface area (Å²) in [5.41, 5.74) is 13.0. The van der Waals surface area contributed by atoms with Gasteiger partial charge in [-0.15, -0.1) is 0 Å². The number of phenolic OH excluding ortho intramolecular Hbond substituents is 1. The number of furan rings is 1. The molecule has 1 heterocycles. The molecule has 0 bridgehead atoms. The normalized spacial score (nSPS) is 11.1.